The van der Waals surface area contributed by atoms with E-state index < -0.39 is 0 Å². The first-order chi connectivity index (χ1) is 15.6. The standard InChI is InChI=1S/C23H23ClN8/c1-30-11-16-17(29-30)3-2-14(19(16)24)15-10-27-20-18(15)21-26-6-9-32(21)22(28-20)31-7-4-23(5-8-31)12-25-13-23/h2-3,6,9-11,25,27H,4-5,7-8,12-13H2,1H3. The topological polar surface area (TPSA) is 79.1 Å². The molecular formula is C23H23ClN8. The van der Waals surface area contributed by atoms with Gasteiger partial charge in [0.2, 0.25) is 5.95 Å². The Labute approximate surface area is 189 Å². The van der Waals surface area contributed by atoms with Gasteiger partial charge in [0.05, 0.1) is 15.9 Å². The molecule has 2 N–H and O–H groups in total. The number of nitrogens with zero attached hydrogens (tertiary/aromatic N) is 6. The lowest BCUT2D eigenvalue weighted by molar-refractivity contribution is 0.126. The van der Waals surface area contributed by atoms with E-state index >= 15 is 0 Å². The van der Waals surface area contributed by atoms with Crippen LogP contribution in [-0.4, -0.2) is 55.3 Å². The third kappa shape index (κ3) is 2.50. The molecule has 0 saturated carbocycles. The van der Waals surface area contributed by atoms with Gasteiger partial charge >= 0.3 is 0 Å². The van der Waals surface area contributed by atoms with Crippen molar-refractivity contribution in [3.8, 4) is 11.1 Å². The Bertz CT molecular complexity index is 1500. The van der Waals surface area contributed by atoms with E-state index in [1.165, 1.54) is 12.8 Å². The molecule has 4 aromatic heterocycles. The van der Waals surface area contributed by atoms with Gasteiger partial charge in [-0.3, -0.25) is 9.08 Å². The van der Waals surface area contributed by atoms with E-state index in [1.807, 2.05) is 44.0 Å². The van der Waals surface area contributed by atoms with Crippen LogP contribution in [-0.2, 0) is 7.05 Å². The molecule has 0 amide bonds. The van der Waals surface area contributed by atoms with Gasteiger partial charge in [0.15, 0.2) is 5.65 Å². The Morgan fingerprint density at radius 3 is 2.75 bits per heavy atom. The molecule has 0 radical (unpaired) electrons. The van der Waals surface area contributed by atoms with E-state index in [4.69, 9.17) is 21.6 Å². The van der Waals surface area contributed by atoms with Crippen molar-refractivity contribution in [2.75, 3.05) is 31.1 Å². The zero-order chi connectivity index (χ0) is 21.4. The molecule has 162 valence electrons. The monoisotopic (exact) mass is 446 g/mol. The molecule has 0 aliphatic carbocycles. The van der Waals surface area contributed by atoms with E-state index in [2.05, 4.69) is 24.7 Å². The highest BCUT2D eigenvalue weighted by atomic mass is 35.5. The highest BCUT2D eigenvalue weighted by Gasteiger charge is 2.40. The molecule has 8 nitrogen and oxygen atoms in total. The first-order valence-corrected chi connectivity index (χ1v) is 11.4. The summed E-state index contributed by atoms with van der Waals surface area (Å²) in [5.74, 6) is 0.953. The van der Waals surface area contributed by atoms with Crippen molar-refractivity contribution in [2.24, 2.45) is 12.5 Å². The number of aromatic nitrogens is 6. The number of hydrogen-bond donors (Lipinski definition) is 2. The summed E-state index contributed by atoms with van der Waals surface area (Å²) >= 11 is 6.84. The zero-order valence-electron chi connectivity index (χ0n) is 17.8. The molecule has 0 unspecified atom stereocenters. The summed E-state index contributed by atoms with van der Waals surface area (Å²) < 4.78 is 3.91. The van der Waals surface area contributed by atoms with Gasteiger partial charge in [-0.1, -0.05) is 17.7 Å². The van der Waals surface area contributed by atoms with Crippen LogP contribution in [0.1, 0.15) is 12.8 Å². The molecule has 32 heavy (non-hydrogen) atoms. The molecule has 0 bridgehead atoms. The SMILES string of the molecule is Cn1cc2c(Cl)c(-c3c[nH]c4nc(N5CCC6(CC5)CNC6)n5ccnc5c34)ccc2n1. The van der Waals surface area contributed by atoms with Crippen molar-refractivity contribution in [3.05, 3.63) is 41.9 Å². The van der Waals surface area contributed by atoms with E-state index in [0.717, 1.165) is 70.8 Å². The van der Waals surface area contributed by atoms with Crippen LogP contribution in [0.3, 0.4) is 0 Å². The van der Waals surface area contributed by atoms with E-state index in [-0.39, 0.29) is 0 Å². The molecule has 7 rings (SSSR count). The van der Waals surface area contributed by atoms with Crippen LogP contribution < -0.4 is 10.2 Å². The van der Waals surface area contributed by atoms with Gasteiger partial charge in [-0.05, 0) is 24.3 Å². The lowest BCUT2D eigenvalue weighted by atomic mass is 9.73. The Hall–Kier alpha value is -3.10. The number of anilines is 1. The predicted octanol–water partition coefficient (Wildman–Crippen LogP) is 3.61. The summed E-state index contributed by atoms with van der Waals surface area (Å²) in [5, 5.41) is 10.5. The molecule has 2 aliphatic rings. The molecule has 2 saturated heterocycles. The third-order valence-electron chi connectivity index (χ3n) is 7.29. The quantitative estimate of drug-likeness (QED) is 0.433. The number of imidazole rings is 1. The number of rotatable bonds is 2. The van der Waals surface area contributed by atoms with Crippen LogP contribution in [0.15, 0.2) is 36.9 Å². The number of hydrogen-bond acceptors (Lipinski definition) is 5. The van der Waals surface area contributed by atoms with Gasteiger partial charge in [0.25, 0.3) is 0 Å². The van der Waals surface area contributed by atoms with Gasteiger partial charge in [-0.15, -0.1) is 0 Å². The lowest BCUT2D eigenvalue weighted by Crippen LogP contribution is -2.58. The van der Waals surface area contributed by atoms with Crippen molar-refractivity contribution in [1.29, 1.82) is 0 Å². The van der Waals surface area contributed by atoms with E-state index in [0.29, 0.717) is 10.4 Å². The second-order valence-corrected chi connectivity index (χ2v) is 9.59. The Balaban J connectivity index is 1.37. The molecule has 5 aromatic rings. The first-order valence-electron chi connectivity index (χ1n) is 11.0. The molecule has 0 atom stereocenters. The van der Waals surface area contributed by atoms with Crippen molar-refractivity contribution in [2.45, 2.75) is 12.8 Å². The normalized spacial score (nSPS) is 18.2. The largest absolute Gasteiger partial charge is 0.345 e. The van der Waals surface area contributed by atoms with Crippen LogP contribution >= 0.6 is 11.6 Å². The summed E-state index contributed by atoms with van der Waals surface area (Å²) in [6, 6.07) is 4.04. The van der Waals surface area contributed by atoms with Crippen LogP contribution in [0.4, 0.5) is 5.95 Å². The molecule has 2 fully saturated rings. The van der Waals surface area contributed by atoms with Gasteiger partial charge in [0.1, 0.15) is 5.65 Å². The predicted molar refractivity (Wildman–Crippen MR) is 126 cm³/mol. The third-order valence-corrected chi connectivity index (χ3v) is 7.69. The molecule has 1 spiro atoms. The van der Waals surface area contributed by atoms with Gasteiger partial charge < -0.3 is 15.2 Å². The first kappa shape index (κ1) is 18.5. The summed E-state index contributed by atoms with van der Waals surface area (Å²) in [5.41, 5.74) is 5.07. The smallest absolute Gasteiger partial charge is 0.213 e. The summed E-state index contributed by atoms with van der Waals surface area (Å²) in [6.45, 7) is 4.33. The summed E-state index contributed by atoms with van der Waals surface area (Å²) in [4.78, 5) is 15.6. The Morgan fingerprint density at radius 1 is 1.12 bits per heavy atom. The van der Waals surface area contributed by atoms with Crippen molar-refractivity contribution in [1.82, 2.24) is 34.4 Å². The molecule has 6 heterocycles. The fourth-order valence-corrected chi connectivity index (χ4v) is 5.68. The van der Waals surface area contributed by atoms with Crippen molar-refractivity contribution >= 4 is 45.1 Å². The summed E-state index contributed by atoms with van der Waals surface area (Å²) in [7, 11) is 1.91. The number of H-pyrrole nitrogens is 1. The highest BCUT2D eigenvalue weighted by molar-refractivity contribution is 6.38. The fraction of sp³-hybridized carbons (Fsp3) is 0.348. The number of benzene rings is 1. The van der Waals surface area contributed by atoms with Gasteiger partial charge in [-0.2, -0.15) is 10.1 Å². The number of aryl methyl sites for hydroxylation is 1. The van der Waals surface area contributed by atoms with Gasteiger partial charge in [0, 0.05) is 74.5 Å². The summed E-state index contributed by atoms with van der Waals surface area (Å²) in [6.07, 6.45) is 10.2. The van der Waals surface area contributed by atoms with Crippen LogP contribution in [0.5, 0.6) is 0 Å². The van der Waals surface area contributed by atoms with E-state index in [1.54, 1.807) is 4.68 Å². The second-order valence-electron chi connectivity index (χ2n) is 9.21. The van der Waals surface area contributed by atoms with E-state index in [9.17, 15) is 0 Å². The minimum atomic E-state index is 0.496. The Kier molecular flexibility index (Phi) is 3.73. The second kappa shape index (κ2) is 6.46. The maximum Gasteiger partial charge on any atom is 0.213 e. The van der Waals surface area contributed by atoms with Crippen molar-refractivity contribution in [3.63, 3.8) is 0 Å². The van der Waals surface area contributed by atoms with Crippen LogP contribution in [0, 0.1) is 5.41 Å². The number of aromatic amines is 1. The highest BCUT2D eigenvalue weighted by Crippen LogP contribution is 2.40. The number of nitrogens with one attached hydrogen (secondary N) is 2. The van der Waals surface area contributed by atoms with Gasteiger partial charge in [-0.25, -0.2) is 4.98 Å². The average molecular weight is 447 g/mol. The molecule has 9 heteroatoms. The molecule has 1 aromatic carbocycles. The van der Waals surface area contributed by atoms with Crippen LogP contribution in [0.25, 0.3) is 38.7 Å². The molecule has 2 aliphatic heterocycles. The number of fused-ring (bicyclic) bond motifs is 4. The average Bonchev–Trinajstić information content (AvgIpc) is 3.50. The Morgan fingerprint density at radius 2 is 1.97 bits per heavy atom. The number of halogens is 1. The minimum Gasteiger partial charge on any atom is -0.345 e. The lowest BCUT2D eigenvalue weighted by Gasteiger charge is -2.48. The zero-order valence-corrected chi connectivity index (χ0v) is 18.5. The maximum absolute atomic E-state index is 6.84. The maximum atomic E-state index is 6.84. The number of piperidine rings is 1. The fourth-order valence-electron chi connectivity index (χ4n) is 5.37. The molecular weight excluding hydrogens is 424 g/mol. The van der Waals surface area contributed by atoms with Crippen LogP contribution in [0.2, 0.25) is 5.02 Å². The van der Waals surface area contributed by atoms with Crippen molar-refractivity contribution < 1.29 is 0 Å². The minimum absolute atomic E-state index is 0.496.